The molecule has 86 valence electrons. The molecule has 2 fully saturated rings. The third-order valence-corrected chi connectivity index (χ3v) is 3.59. The number of fused-ring (bicyclic) bond motifs is 1. The average Bonchev–Trinajstić information content (AvgIpc) is 2.63. The maximum absolute atomic E-state index is 11.6. The molecule has 0 aromatic heterocycles. The molecule has 2 aliphatic rings. The highest BCUT2D eigenvalue weighted by Crippen LogP contribution is 2.36. The first-order chi connectivity index (χ1) is 7.24. The molecule has 1 aliphatic heterocycles. The van der Waals surface area contributed by atoms with Crippen LogP contribution < -0.4 is 0 Å². The van der Waals surface area contributed by atoms with Gasteiger partial charge < -0.3 is 14.7 Å². The van der Waals surface area contributed by atoms with Gasteiger partial charge in [-0.3, -0.25) is 0 Å². The summed E-state index contributed by atoms with van der Waals surface area (Å²) in [6.45, 7) is 2.99. The van der Waals surface area contributed by atoms with Crippen molar-refractivity contribution in [2.75, 3.05) is 13.2 Å². The number of carbonyl (C=O) groups is 1. The topological polar surface area (TPSA) is 49.8 Å². The van der Waals surface area contributed by atoms with E-state index >= 15 is 0 Å². The minimum absolute atomic E-state index is 0.209. The monoisotopic (exact) mass is 213 g/mol. The standard InChI is InChI=1S/C11H19NO3/c1-2-15-11(14)12-7-6-8-9(12)4-3-5-10(8)13/h8-10,13H,2-7H2,1H3. The number of likely N-dealkylation sites (tertiary alicyclic amines) is 1. The second-order valence-corrected chi connectivity index (χ2v) is 4.41. The number of hydrogen-bond donors (Lipinski definition) is 1. The maximum atomic E-state index is 11.6. The molecule has 0 aromatic carbocycles. The van der Waals surface area contributed by atoms with Gasteiger partial charge in [-0.25, -0.2) is 4.79 Å². The predicted molar refractivity (Wildman–Crippen MR) is 55.5 cm³/mol. The third-order valence-electron chi connectivity index (χ3n) is 3.59. The summed E-state index contributed by atoms with van der Waals surface area (Å²) < 4.78 is 5.02. The predicted octanol–water partition coefficient (Wildman–Crippen LogP) is 1.38. The Morgan fingerprint density at radius 3 is 3.00 bits per heavy atom. The summed E-state index contributed by atoms with van der Waals surface area (Å²) in [6.07, 6.45) is 3.41. The van der Waals surface area contributed by atoms with E-state index in [0.717, 1.165) is 32.2 Å². The largest absolute Gasteiger partial charge is 0.450 e. The lowest BCUT2D eigenvalue weighted by Crippen LogP contribution is -2.43. The maximum Gasteiger partial charge on any atom is 0.410 e. The van der Waals surface area contributed by atoms with E-state index < -0.39 is 0 Å². The van der Waals surface area contributed by atoms with E-state index in [9.17, 15) is 9.90 Å². The molecule has 1 saturated heterocycles. The molecular weight excluding hydrogens is 194 g/mol. The number of amides is 1. The molecule has 1 saturated carbocycles. The summed E-state index contributed by atoms with van der Waals surface area (Å²) in [7, 11) is 0. The van der Waals surface area contributed by atoms with Gasteiger partial charge in [0.25, 0.3) is 0 Å². The van der Waals surface area contributed by atoms with Crippen molar-refractivity contribution in [3.05, 3.63) is 0 Å². The summed E-state index contributed by atoms with van der Waals surface area (Å²) >= 11 is 0. The highest BCUT2D eigenvalue weighted by molar-refractivity contribution is 5.68. The van der Waals surface area contributed by atoms with E-state index in [1.165, 1.54) is 0 Å². The average molecular weight is 213 g/mol. The Hall–Kier alpha value is -0.770. The fraction of sp³-hybridized carbons (Fsp3) is 0.909. The first-order valence-electron chi connectivity index (χ1n) is 5.85. The zero-order chi connectivity index (χ0) is 10.8. The zero-order valence-electron chi connectivity index (χ0n) is 9.19. The van der Waals surface area contributed by atoms with E-state index in [0.29, 0.717) is 6.61 Å². The zero-order valence-corrected chi connectivity index (χ0v) is 9.19. The van der Waals surface area contributed by atoms with E-state index in [-0.39, 0.29) is 24.2 Å². The fourth-order valence-corrected chi connectivity index (χ4v) is 2.88. The molecule has 15 heavy (non-hydrogen) atoms. The molecule has 4 heteroatoms. The van der Waals surface area contributed by atoms with Gasteiger partial charge in [0.15, 0.2) is 0 Å². The number of carbonyl (C=O) groups excluding carboxylic acids is 1. The molecule has 4 nitrogen and oxygen atoms in total. The number of aliphatic hydroxyl groups excluding tert-OH is 1. The Labute approximate surface area is 90.2 Å². The number of hydrogen-bond acceptors (Lipinski definition) is 3. The molecule has 0 spiro atoms. The van der Waals surface area contributed by atoms with Crippen LogP contribution in [0.3, 0.4) is 0 Å². The lowest BCUT2D eigenvalue weighted by Gasteiger charge is -2.34. The highest BCUT2D eigenvalue weighted by Gasteiger charge is 2.43. The van der Waals surface area contributed by atoms with Crippen molar-refractivity contribution < 1.29 is 14.6 Å². The van der Waals surface area contributed by atoms with Crippen LogP contribution >= 0.6 is 0 Å². The third kappa shape index (κ3) is 1.95. The van der Waals surface area contributed by atoms with Crippen LogP contribution in [0.4, 0.5) is 4.79 Å². The van der Waals surface area contributed by atoms with Crippen LogP contribution in [-0.4, -0.2) is 41.4 Å². The number of ether oxygens (including phenoxy) is 1. The molecule has 3 unspecified atom stereocenters. The van der Waals surface area contributed by atoms with Crippen LogP contribution in [0.25, 0.3) is 0 Å². The molecule has 0 aromatic rings. The van der Waals surface area contributed by atoms with Crippen LogP contribution in [0.5, 0.6) is 0 Å². The molecular formula is C11H19NO3. The van der Waals surface area contributed by atoms with Crippen molar-refractivity contribution in [3.8, 4) is 0 Å². The lowest BCUT2D eigenvalue weighted by molar-refractivity contribution is 0.0365. The molecule has 2 rings (SSSR count). The summed E-state index contributed by atoms with van der Waals surface area (Å²) in [5, 5.41) is 9.83. The van der Waals surface area contributed by atoms with Crippen LogP contribution in [-0.2, 0) is 4.74 Å². The molecule has 3 atom stereocenters. The van der Waals surface area contributed by atoms with Crippen molar-refractivity contribution in [1.29, 1.82) is 0 Å². The van der Waals surface area contributed by atoms with Gasteiger partial charge in [0, 0.05) is 18.5 Å². The SMILES string of the molecule is CCOC(=O)N1CCC2C(O)CCCC21. The van der Waals surface area contributed by atoms with Gasteiger partial charge in [-0.2, -0.15) is 0 Å². The normalized spacial score (nSPS) is 35.1. The fourth-order valence-electron chi connectivity index (χ4n) is 2.88. The second-order valence-electron chi connectivity index (χ2n) is 4.41. The Morgan fingerprint density at radius 2 is 2.27 bits per heavy atom. The Kier molecular flexibility index (Phi) is 3.14. The minimum Gasteiger partial charge on any atom is -0.450 e. The quantitative estimate of drug-likeness (QED) is 0.716. The van der Waals surface area contributed by atoms with Gasteiger partial charge in [0.1, 0.15) is 0 Å². The molecule has 0 bridgehead atoms. The summed E-state index contributed by atoms with van der Waals surface area (Å²) in [5.41, 5.74) is 0. The molecule has 0 radical (unpaired) electrons. The van der Waals surface area contributed by atoms with Gasteiger partial charge >= 0.3 is 6.09 Å². The van der Waals surface area contributed by atoms with E-state index in [2.05, 4.69) is 0 Å². The van der Waals surface area contributed by atoms with Crippen molar-refractivity contribution in [2.24, 2.45) is 5.92 Å². The van der Waals surface area contributed by atoms with Gasteiger partial charge in [-0.05, 0) is 32.6 Å². The Bertz CT molecular complexity index is 244. The lowest BCUT2D eigenvalue weighted by atomic mass is 9.83. The summed E-state index contributed by atoms with van der Waals surface area (Å²) in [6, 6.07) is 0.216. The molecule has 1 amide bonds. The van der Waals surface area contributed by atoms with Crippen LogP contribution in [0.2, 0.25) is 0 Å². The van der Waals surface area contributed by atoms with Crippen LogP contribution in [0, 0.1) is 5.92 Å². The highest BCUT2D eigenvalue weighted by atomic mass is 16.6. The van der Waals surface area contributed by atoms with Gasteiger partial charge in [-0.1, -0.05) is 0 Å². The van der Waals surface area contributed by atoms with Gasteiger partial charge in [0.2, 0.25) is 0 Å². The van der Waals surface area contributed by atoms with Crippen LogP contribution in [0.1, 0.15) is 32.6 Å². The van der Waals surface area contributed by atoms with E-state index in [1.54, 1.807) is 4.90 Å². The van der Waals surface area contributed by atoms with E-state index in [4.69, 9.17) is 4.74 Å². The number of rotatable bonds is 1. The van der Waals surface area contributed by atoms with Gasteiger partial charge in [-0.15, -0.1) is 0 Å². The van der Waals surface area contributed by atoms with E-state index in [1.807, 2.05) is 6.92 Å². The second kappa shape index (κ2) is 4.39. The first kappa shape index (κ1) is 10.7. The number of nitrogens with zero attached hydrogens (tertiary/aromatic N) is 1. The van der Waals surface area contributed by atoms with Gasteiger partial charge in [0.05, 0.1) is 12.7 Å². The minimum atomic E-state index is -0.219. The Balaban J connectivity index is 2.01. The molecule has 1 aliphatic carbocycles. The number of aliphatic hydroxyl groups is 1. The van der Waals surface area contributed by atoms with Crippen molar-refractivity contribution in [3.63, 3.8) is 0 Å². The molecule has 1 heterocycles. The summed E-state index contributed by atoms with van der Waals surface area (Å²) in [4.78, 5) is 13.4. The first-order valence-corrected chi connectivity index (χ1v) is 5.85. The van der Waals surface area contributed by atoms with Crippen molar-refractivity contribution in [2.45, 2.75) is 44.8 Å². The summed E-state index contributed by atoms with van der Waals surface area (Å²) in [5.74, 6) is 0.281. The van der Waals surface area contributed by atoms with Crippen molar-refractivity contribution in [1.82, 2.24) is 4.90 Å². The Morgan fingerprint density at radius 1 is 1.47 bits per heavy atom. The van der Waals surface area contributed by atoms with Crippen LogP contribution in [0.15, 0.2) is 0 Å². The smallest absolute Gasteiger partial charge is 0.410 e. The van der Waals surface area contributed by atoms with Crippen molar-refractivity contribution >= 4 is 6.09 Å². The molecule has 1 N–H and O–H groups in total.